The van der Waals surface area contributed by atoms with Gasteiger partial charge in [0, 0.05) is 33.1 Å². The Hall–Kier alpha value is -1.79. The van der Waals surface area contributed by atoms with E-state index in [0.29, 0.717) is 26.2 Å². The Morgan fingerprint density at radius 2 is 1.59 bits per heavy atom. The summed E-state index contributed by atoms with van der Waals surface area (Å²) in [5.41, 5.74) is 0. The molecule has 1 saturated heterocycles. The van der Waals surface area contributed by atoms with Crippen molar-refractivity contribution in [3.05, 3.63) is 0 Å². The van der Waals surface area contributed by atoms with Gasteiger partial charge in [0.25, 0.3) is 0 Å². The van der Waals surface area contributed by atoms with Crippen molar-refractivity contribution < 1.29 is 19.5 Å². The van der Waals surface area contributed by atoms with Gasteiger partial charge in [-0.1, -0.05) is 0 Å². The van der Waals surface area contributed by atoms with Gasteiger partial charge in [-0.25, -0.2) is 4.79 Å². The number of nitrogens with one attached hydrogen (secondary N) is 1. The van der Waals surface area contributed by atoms with Gasteiger partial charge in [0.2, 0.25) is 5.91 Å². The molecular formula is C10H17N3O4. The normalized spacial score (nSPS) is 17.5. The molecule has 1 rings (SSSR count). The van der Waals surface area contributed by atoms with Crippen molar-refractivity contribution in [1.82, 2.24) is 15.1 Å². The second-order valence-corrected chi connectivity index (χ2v) is 4.00. The molecule has 0 bridgehead atoms. The summed E-state index contributed by atoms with van der Waals surface area (Å²) in [6, 6.07) is -1.31. The SMILES string of the molecule is CC(=O)N1CCN(C(=O)NC(C)C(=O)O)CC1. The summed E-state index contributed by atoms with van der Waals surface area (Å²) in [6.07, 6.45) is 0. The zero-order valence-electron chi connectivity index (χ0n) is 9.97. The summed E-state index contributed by atoms with van der Waals surface area (Å²) in [5, 5.41) is 11.0. The van der Waals surface area contributed by atoms with E-state index in [-0.39, 0.29) is 5.91 Å². The third-order valence-corrected chi connectivity index (χ3v) is 2.72. The molecule has 1 fully saturated rings. The first-order valence-corrected chi connectivity index (χ1v) is 5.45. The van der Waals surface area contributed by atoms with Crippen LogP contribution < -0.4 is 5.32 Å². The Morgan fingerprint density at radius 3 is 2.00 bits per heavy atom. The number of rotatable bonds is 2. The van der Waals surface area contributed by atoms with E-state index in [1.54, 1.807) is 4.90 Å². The van der Waals surface area contributed by atoms with Crippen LogP contribution in [0.5, 0.6) is 0 Å². The number of carboxylic acid groups (broad SMARTS) is 1. The molecule has 1 unspecified atom stereocenters. The number of carboxylic acids is 1. The lowest BCUT2D eigenvalue weighted by Crippen LogP contribution is -2.54. The predicted molar refractivity (Wildman–Crippen MR) is 59.5 cm³/mol. The Kier molecular flexibility index (Phi) is 4.30. The molecule has 0 spiro atoms. The molecule has 7 nitrogen and oxygen atoms in total. The molecule has 0 radical (unpaired) electrons. The van der Waals surface area contributed by atoms with Crippen LogP contribution in [0, 0.1) is 0 Å². The van der Waals surface area contributed by atoms with Gasteiger partial charge in [0.05, 0.1) is 0 Å². The molecule has 3 amide bonds. The van der Waals surface area contributed by atoms with E-state index < -0.39 is 18.0 Å². The third-order valence-electron chi connectivity index (χ3n) is 2.72. The number of hydrogen-bond donors (Lipinski definition) is 2. The van der Waals surface area contributed by atoms with Crippen molar-refractivity contribution in [1.29, 1.82) is 0 Å². The van der Waals surface area contributed by atoms with Gasteiger partial charge in [-0.15, -0.1) is 0 Å². The van der Waals surface area contributed by atoms with E-state index >= 15 is 0 Å². The molecule has 0 saturated carbocycles. The topological polar surface area (TPSA) is 90.0 Å². The molecule has 2 N–H and O–H groups in total. The van der Waals surface area contributed by atoms with Gasteiger partial charge in [0.1, 0.15) is 6.04 Å². The highest BCUT2D eigenvalue weighted by atomic mass is 16.4. The maximum absolute atomic E-state index is 11.6. The number of carbonyl (C=O) groups excluding carboxylic acids is 2. The van der Waals surface area contributed by atoms with E-state index in [2.05, 4.69) is 5.32 Å². The predicted octanol–water partition coefficient (Wildman–Crippen LogP) is -0.667. The Bertz CT molecular complexity index is 324. The van der Waals surface area contributed by atoms with Gasteiger partial charge < -0.3 is 20.2 Å². The maximum Gasteiger partial charge on any atom is 0.325 e. The van der Waals surface area contributed by atoms with Crippen LogP contribution in [-0.4, -0.2) is 65.0 Å². The minimum Gasteiger partial charge on any atom is -0.480 e. The number of amides is 3. The fraction of sp³-hybridized carbons (Fsp3) is 0.700. The minimum absolute atomic E-state index is 0.0102. The van der Waals surface area contributed by atoms with Crippen LogP contribution in [-0.2, 0) is 9.59 Å². The van der Waals surface area contributed by atoms with E-state index in [9.17, 15) is 14.4 Å². The number of aliphatic carboxylic acids is 1. The molecule has 1 aliphatic rings. The smallest absolute Gasteiger partial charge is 0.325 e. The van der Waals surface area contributed by atoms with E-state index in [4.69, 9.17) is 5.11 Å². The Labute approximate surface area is 99.4 Å². The highest BCUT2D eigenvalue weighted by Gasteiger charge is 2.24. The van der Waals surface area contributed by atoms with E-state index in [1.807, 2.05) is 0 Å². The lowest BCUT2D eigenvalue weighted by molar-refractivity contribution is -0.138. The average molecular weight is 243 g/mol. The molecule has 0 aliphatic carbocycles. The molecular weight excluding hydrogens is 226 g/mol. The van der Waals surface area contributed by atoms with Crippen molar-refractivity contribution in [2.45, 2.75) is 19.9 Å². The monoisotopic (exact) mass is 243 g/mol. The molecule has 17 heavy (non-hydrogen) atoms. The van der Waals surface area contributed by atoms with Gasteiger partial charge >= 0.3 is 12.0 Å². The second kappa shape index (κ2) is 5.51. The zero-order chi connectivity index (χ0) is 13.0. The first-order valence-electron chi connectivity index (χ1n) is 5.45. The summed E-state index contributed by atoms with van der Waals surface area (Å²) in [7, 11) is 0. The zero-order valence-corrected chi connectivity index (χ0v) is 9.97. The molecule has 1 heterocycles. The quantitative estimate of drug-likeness (QED) is 0.673. The summed E-state index contributed by atoms with van der Waals surface area (Å²) >= 11 is 0. The van der Waals surface area contributed by atoms with Gasteiger partial charge in [0.15, 0.2) is 0 Å². The van der Waals surface area contributed by atoms with Crippen LogP contribution in [0.25, 0.3) is 0 Å². The number of hydrogen-bond acceptors (Lipinski definition) is 3. The number of nitrogens with zero attached hydrogens (tertiary/aromatic N) is 2. The Balaban J connectivity index is 2.41. The fourth-order valence-electron chi connectivity index (χ4n) is 1.56. The number of piperazine rings is 1. The molecule has 96 valence electrons. The molecule has 7 heteroatoms. The lowest BCUT2D eigenvalue weighted by Gasteiger charge is -2.34. The van der Waals surface area contributed by atoms with Crippen molar-refractivity contribution in [2.75, 3.05) is 26.2 Å². The van der Waals surface area contributed by atoms with Gasteiger partial charge in [-0.05, 0) is 6.92 Å². The summed E-state index contributed by atoms with van der Waals surface area (Å²) in [4.78, 5) is 36.5. The highest BCUT2D eigenvalue weighted by molar-refractivity contribution is 5.82. The summed E-state index contributed by atoms with van der Waals surface area (Å²) < 4.78 is 0. The van der Waals surface area contributed by atoms with Gasteiger partial charge in [-0.2, -0.15) is 0 Å². The molecule has 1 atom stereocenters. The van der Waals surface area contributed by atoms with Crippen LogP contribution in [0.1, 0.15) is 13.8 Å². The Morgan fingerprint density at radius 1 is 1.12 bits per heavy atom. The highest BCUT2D eigenvalue weighted by Crippen LogP contribution is 2.02. The van der Waals surface area contributed by atoms with Crippen LogP contribution >= 0.6 is 0 Å². The van der Waals surface area contributed by atoms with Crippen LogP contribution in [0.2, 0.25) is 0 Å². The van der Waals surface area contributed by atoms with Crippen molar-refractivity contribution in [3.63, 3.8) is 0 Å². The lowest BCUT2D eigenvalue weighted by atomic mass is 10.3. The molecule has 0 aromatic carbocycles. The summed E-state index contributed by atoms with van der Waals surface area (Å²) in [5.74, 6) is -1.08. The van der Waals surface area contributed by atoms with Crippen LogP contribution in [0.4, 0.5) is 4.79 Å². The standard InChI is InChI=1S/C10H17N3O4/c1-7(9(15)16)11-10(17)13-5-3-12(4-6-13)8(2)14/h7H,3-6H2,1-2H3,(H,11,17)(H,15,16). The first-order chi connectivity index (χ1) is 7.91. The largest absolute Gasteiger partial charge is 0.480 e. The number of carbonyl (C=O) groups is 3. The van der Waals surface area contributed by atoms with E-state index in [1.165, 1.54) is 18.7 Å². The fourth-order valence-corrected chi connectivity index (χ4v) is 1.56. The van der Waals surface area contributed by atoms with Crippen molar-refractivity contribution in [3.8, 4) is 0 Å². The van der Waals surface area contributed by atoms with Crippen molar-refractivity contribution >= 4 is 17.9 Å². The summed E-state index contributed by atoms with van der Waals surface area (Å²) in [6.45, 7) is 4.73. The maximum atomic E-state index is 11.6. The van der Waals surface area contributed by atoms with E-state index in [0.717, 1.165) is 0 Å². The minimum atomic E-state index is -1.07. The second-order valence-electron chi connectivity index (χ2n) is 4.00. The van der Waals surface area contributed by atoms with Crippen LogP contribution in [0.3, 0.4) is 0 Å². The molecule has 0 aromatic heterocycles. The molecule has 0 aromatic rings. The third kappa shape index (κ3) is 3.61. The average Bonchev–Trinajstić information content (AvgIpc) is 2.28. The first kappa shape index (κ1) is 13.3. The van der Waals surface area contributed by atoms with Crippen molar-refractivity contribution in [2.24, 2.45) is 0 Å². The number of urea groups is 1. The van der Waals surface area contributed by atoms with Gasteiger partial charge in [-0.3, -0.25) is 9.59 Å². The molecule has 1 aliphatic heterocycles. The van der Waals surface area contributed by atoms with Crippen LogP contribution in [0.15, 0.2) is 0 Å².